The average Bonchev–Trinajstić information content (AvgIpc) is 2.27. The number of halogens is 2. The quantitative estimate of drug-likeness (QED) is 0.699. The summed E-state index contributed by atoms with van der Waals surface area (Å²) < 4.78 is 14.3. The Labute approximate surface area is 78.3 Å². The smallest absolute Gasteiger partial charge is 0.271 e. The molecule has 0 radical (unpaired) electrons. The Morgan fingerprint density at radius 2 is 2.15 bits per heavy atom. The van der Waals surface area contributed by atoms with E-state index in [4.69, 9.17) is 0 Å². The Kier molecular flexibility index (Phi) is 1.62. The molecule has 0 bridgehead atoms. The molecule has 0 aromatic carbocycles. The highest BCUT2D eigenvalue weighted by Gasteiger charge is 2.11. The lowest BCUT2D eigenvalue weighted by Gasteiger charge is -1.90. The predicted octanol–water partition coefficient (Wildman–Crippen LogP) is 0.218. The van der Waals surface area contributed by atoms with Crippen molar-refractivity contribution >= 4 is 21.4 Å². The van der Waals surface area contributed by atoms with Gasteiger partial charge in [0.25, 0.3) is 5.56 Å². The molecule has 0 unspecified atom stereocenters. The molecule has 0 atom stereocenters. The molecule has 2 rings (SSSR count). The second kappa shape index (κ2) is 2.56. The van der Waals surface area contributed by atoms with Gasteiger partial charge in [-0.1, -0.05) is 0 Å². The molecular formula is C6H3BrFN3O2. The Balaban J connectivity index is 3.12. The molecule has 2 heterocycles. The van der Waals surface area contributed by atoms with Gasteiger partial charge in [-0.3, -0.25) is 9.78 Å². The zero-order chi connectivity index (χ0) is 9.59. The molecule has 68 valence electrons. The molecule has 0 fully saturated rings. The first-order valence-electron chi connectivity index (χ1n) is 3.28. The van der Waals surface area contributed by atoms with Crippen LogP contribution in [-0.2, 0) is 0 Å². The first kappa shape index (κ1) is 8.24. The van der Waals surface area contributed by atoms with Crippen molar-refractivity contribution in [2.75, 3.05) is 0 Å². The van der Waals surface area contributed by atoms with Crippen LogP contribution in [0.3, 0.4) is 0 Å². The van der Waals surface area contributed by atoms with Gasteiger partial charge in [0.05, 0.1) is 4.47 Å². The number of nitrogens with zero attached hydrogens (tertiary/aromatic N) is 1. The van der Waals surface area contributed by atoms with Crippen LogP contribution in [0.4, 0.5) is 4.39 Å². The van der Waals surface area contributed by atoms with Crippen LogP contribution in [-0.4, -0.2) is 14.6 Å². The zero-order valence-electron chi connectivity index (χ0n) is 6.10. The van der Waals surface area contributed by atoms with E-state index in [2.05, 4.69) is 21.0 Å². The van der Waals surface area contributed by atoms with Crippen molar-refractivity contribution in [3.63, 3.8) is 0 Å². The third-order valence-electron chi connectivity index (χ3n) is 1.57. The highest BCUT2D eigenvalue weighted by Crippen LogP contribution is 2.17. The molecule has 13 heavy (non-hydrogen) atoms. The van der Waals surface area contributed by atoms with Gasteiger partial charge >= 0.3 is 5.69 Å². The van der Waals surface area contributed by atoms with E-state index >= 15 is 0 Å². The molecular weight excluding hydrogens is 245 g/mol. The molecule has 7 heteroatoms. The van der Waals surface area contributed by atoms with Crippen molar-refractivity contribution < 1.29 is 4.39 Å². The summed E-state index contributed by atoms with van der Waals surface area (Å²) in [6.45, 7) is 0. The fourth-order valence-electron chi connectivity index (χ4n) is 1.05. The van der Waals surface area contributed by atoms with Gasteiger partial charge < -0.3 is 0 Å². The van der Waals surface area contributed by atoms with E-state index in [0.717, 1.165) is 4.52 Å². The molecule has 0 amide bonds. The summed E-state index contributed by atoms with van der Waals surface area (Å²) in [5.41, 5.74) is -1.65. The maximum absolute atomic E-state index is 13.1. The van der Waals surface area contributed by atoms with Crippen molar-refractivity contribution in [1.29, 1.82) is 0 Å². The summed E-state index contributed by atoms with van der Waals surface area (Å²) in [4.78, 5) is 23.8. The fourth-order valence-corrected chi connectivity index (χ4v) is 1.44. The number of fused-ring (bicyclic) bond motifs is 1. The van der Waals surface area contributed by atoms with Crippen LogP contribution in [0.5, 0.6) is 0 Å². The van der Waals surface area contributed by atoms with E-state index in [9.17, 15) is 14.0 Å². The van der Waals surface area contributed by atoms with Gasteiger partial charge in [0.1, 0.15) is 0 Å². The van der Waals surface area contributed by atoms with E-state index in [1.165, 1.54) is 6.20 Å². The van der Waals surface area contributed by atoms with Gasteiger partial charge in [0.15, 0.2) is 11.3 Å². The second-order valence-corrected chi connectivity index (χ2v) is 3.26. The lowest BCUT2D eigenvalue weighted by molar-refractivity contribution is 0.631. The number of hydrogen-bond acceptors (Lipinski definition) is 2. The van der Waals surface area contributed by atoms with Crippen molar-refractivity contribution in [3.8, 4) is 0 Å². The number of H-pyrrole nitrogens is 2. The molecule has 0 aliphatic carbocycles. The standard InChI is InChI=1S/C6H3BrFN3O2/c7-2-1-11-4(3(2)8)5(12)9-6(13)10-11/h1H,(H2,9,10,12,13). The molecule has 0 saturated heterocycles. The average molecular weight is 248 g/mol. The van der Waals surface area contributed by atoms with Crippen LogP contribution in [0.25, 0.3) is 5.52 Å². The van der Waals surface area contributed by atoms with Crippen molar-refractivity contribution in [2.45, 2.75) is 0 Å². The third-order valence-corrected chi connectivity index (χ3v) is 2.12. The minimum absolute atomic E-state index is 0.125. The number of aromatic amines is 2. The molecule has 2 N–H and O–H groups in total. The molecule has 0 spiro atoms. The maximum Gasteiger partial charge on any atom is 0.340 e. The fraction of sp³-hybridized carbons (Fsp3) is 0. The van der Waals surface area contributed by atoms with Gasteiger partial charge in [-0.15, -0.1) is 0 Å². The lowest BCUT2D eigenvalue weighted by atomic mass is 10.5. The SMILES string of the molecule is O=c1[nH]c(=O)c2c(F)c(Br)cn2[nH]1. The van der Waals surface area contributed by atoms with Crippen LogP contribution < -0.4 is 11.2 Å². The van der Waals surface area contributed by atoms with Crippen LogP contribution in [0, 0.1) is 5.82 Å². The summed E-state index contributed by atoms with van der Waals surface area (Å²) in [6, 6.07) is 0. The molecule has 5 nitrogen and oxygen atoms in total. The number of nitrogens with one attached hydrogen (secondary N) is 2. The maximum atomic E-state index is 13.1. The normalized spacial score (nSPS) is 10.9. The summed E-state index contributed by atoms with van der Waals surface area (Å²) in [6.07, 6.45) is 1.27. The predicted molar refractivity (Wildman–Crippen MR) is 46.3 cm³/mol. The van der Waals surface area contributed by atoms with Crippen molar-refractivity contribution in [1.82, 2.24) is 14.6 Å². The summed E-state index contributed by atoms with van der Waals surface area (Å²) >= 11 is 2.90. The highest BCUT2D eigenvalue weighted by atomic mass is 79.9. The molecule has 0 saturated carbocycles. The Bertz CT molecular complexity index is 582. The number of rotatable bonds is 0. The van der Waals surface area contributed by atoms with Crippen molar-refractivity contribution in [2.24, 2.45) is 0 Å². The van der Waals surface area contributed by atoms with Gasteiger partial charge in [-0.2, -0.15) is 0 Å². The van der Waals surface area contributed by atoms with Crippen LogP contribution >= 0.6 is 15.9 Å². The number of aromatic nitrogens is 3. The molecule has 0 aliphatic rings. The monoisotopic (exact) mass is 247 g/mol. The zero-order valence-corrected chi connectivity index (χ0v) is 7.68. The van der Waals surface area contributed by atoms with E-state index in [1.807, 2.05) is 4.98 Å². The van der Waals surface area contributed by atoms with E-state index in [0.29, 0.717) is 0 Å². The van der Waals surface area contributed by atoms with Crippen LogP contribution in [0.2, 0.25) is 0 Å². The van der Waals surface area contributed by atoms with E-state index in [-0.39, 0.29) is 9.99 Å². The molecule has 2 aromatic rings. The third kappa shape index (κ3) is 1.12. The second-order valence-electron chi connectivity index (χ2n) is 2.40. The van der Waals surface area contributed by atoms with Gasteiger partial charge in [0.2, 0.25) is 0 Å². The number of hydrogen-bond donors (Lipinski definition) is 2. The lowest BCUT2D eigenvalue weighted by Crippen LogP contribution is -2.25. The van der Waals surface area contributed by atoms with Gasteiger partial charge in [-0.25, -0.2) is 18.8 Å². The Hall–Kier alpha value is -1.37. The summed E-state index contributed by atoms with van der Waals surface area (Å²) in [7, 11) is 0. The van der Waals surface area contributed by atoms with Gasteiger partial charge in [-0.05, 0) is 15.9 Å². The summed E-state index contributed by atoms with van der Waals surface area (Å²) in [5.74, 6) is -0.697. The Morgan fingerprint density at radius 3 is 2.85 bits per heavy atom. The highest BCUT2D eigenvalue weighted by molar-refractivity contribution is 9.10. The van der Waals surface area contributed by atoms with E-state index in [1.54, 1.807) is 0 Å². The van der Waals surface area contributed by atoms with Crippen LogP contribution in [0.15, 0.2) is 20.3 Å². The molecule has 2 aromatic heterocycles. The first-order chi connectivity index (χ1) is 6.09. The minimum atomic E-state index is -0.757. The Morgan fingerprint density at radius 1 is 1.46 bits per heavy atom. The van der Waals surface area contributed by atoms with E-state index < -0.39 is 17.1 Å². The first-order valence-corrected chi connectivity index (χ1v) is 4.07. The topological polar surface area (TPSA) is 70.1 Å². The molecule has 0 aliphatic heterocycles. The van der Waals surface area contributed by atoms with Crippen LogP contribution in [0.1, 0.15) is 0 Å². The minimum Gasteiger partial charge on any atom is -0.271 e. The largest absolute Gasteiger partial charge is 0.340 e. The summed E-state index contributed by atoms with van der Waals surface area (Å²) in [5, 5.41) is 2.23. The van der Waals surface area contributed by atoms with Gasteiger partial charge in [0, 0.05) is 6.20 Å². The van der Waals surface area contributed by atoms with Crippen molar-refractivity contribution in [3.05, 3.63) is 37.3 Å².